The molecule has 1 aromatic rings. The van der Waals surface area contributed by atoms with Crippen LogP contribution in [0.1, 0.15) is 40.9 Å². The standard InChI is InChI=1S/C12H14N2O/c1-3-8-5-9(7-15)12(14)10(4-2)11(8)6-13/h5,7H,3-4,14H2,1-2H3. The van der Waals surface area contributed by atoms with Crippen LogP contribution in [0.3, 0.4) is 0 Å². The number of hydrogen-bond donors (Lipinski definition) is 1. The smallest absolute Gasteiger partial charge is 0.152 e. The van der Waals surface area contributed by atoms with Crippen LogP contribution < -0.4 is 5.73 Å². The number of aryl methyl sites for hydroxylation is 1. The first-order valence-corrected chi connectivity index (χ1v) is 4.99. The zero-order valence-electron chi connectivity index (χ0n) is 9.00. The van der Waals surface area contributed by atoms with Crippen LogP contribution >= 0.6 is 0 Å². The van der Waals surface area contributed by atoms with Crippen molar-refractivity contribution in [2.24, 2.45) is 0 Å². The van der Waals surface area contributed by atoms with Gasteiger partial charge in [-0.1, -0.05) is 13.8 Å². The number of nitrogens with two attached hydrogens (primary N) is 1. The summed E-state index contributed by atoms with van der Waals surface area (Å²) < 4.78 is 0. The van der Waals surface area contributed by atoms with Crippen LogP contribution in [-0.4, -0.2) is 6.29 Å². The molecule has 0 heterocycles. The van der Waals surface area contributed by atoms with Crippen molar-refractivity contribution in [1.82, 2.24) is 0 Å². The Hall–Kier alpha value is -1.82. The van der Waals surface area contributed by atoms with Crippen LogP contribution in [0.25, 0.3) is 0 Å². The molecule has 0 saturated carbocycles. The topological polar surface area (TPSA) is 66.9 Å². The summed E-state index contributed by atoms with van der Waals surface area (Å²) in [6, 6.07) is 3.87. The summed E-state index contributed by atoms with van der Waals surface area (Å²) in [5.41, 5.74) is 9.07. The van der Waals surface area contributed by atoms with Gasteiger partial charge in [-0.05, 0) is 30.0 Å². The highest BCUT2D eigenvalue weighted by molar-refractivity contribution is 5.86. The number of hydrogen-bond acceptors (Lipinski definition) is 3. The first-order valence-electron chi connectivity index (χ1n) is 4.99. The molecule has 0 spiro atoms. The molecule has 0 fully saturated rings. The molecule has 0 unspecified atom stereocenters. The Bertz CT molecular complexity index is 430. The summed E-state index contributed by atoms with van der Waals surface area (Å²) in [5, 5.41) is 9.06. The summed E-state index contributed by atoms with van der Waals surface area (Å²) in [4.78, 5) is 10.8. The highest BCUT2D eigenvalue weighted by Crippen LogP contribution is 2.25. The third-order valence-electron chi connectivity index (χ3n) is 2.56. The number of aldehydes is 1. The van der Waals surface area contributed by atoms with Gasteiger partial charge in [0.05, 0.1) is 11.6 Å². The van der Waals surface area contributed by atoms with E-state index in [0.29, 0.717) is 23.2 Å². The van der Waals surface area contributed by atoms with Crippen LogP contribution in [0.4, 0.5) is 5.69 Å². The maximum Gasteiger partial charge on any atom is 0.152 e. The molecular weight excluding hydrogens is 188 g/mol. The Morgan fingerprint density at radius 1 is 1.47 bits per heavy atom. The van der Waals surface area contributed by atoms with Crippen molar-refractivity contribution in [3.8, 4) is 6.07 Å². The SMILES string of the molecule is CCc1cc(C=O)c(N)c(CC)c1C#N. The van der Waals surface area contributed by atoms with Gasteiger partial charge in [-0.25, -0.2) is 0 Å². The molecule has 0 radical (unpaired) electrons. The summed E-state index contributed by atoms with van der Waals surface area (Å²) in [6.45, 7) is 3.89. The van der Waals surface area contributed by atoms with Crippen LogP contribution in [-0.2, 0) is 12.8 Å². The fourth-order valence-electron chi connectivity index (χ4n) is 1.72. The number of nitrogens with zero attached hydrogens (tertiary/aromatic N) is 1. The van der Waals surface area contributed by atoms with E-state index in [0.717, 1.165) is 23.8 Å². The molecule has 0 saturated heterocycles. The molecule has 78 valence electrons. The molecule has 0 aliphatic rings. The van der Waals surface area contributed by atoms with Crippen molar-refractivity contribution < 1.29 is 4.79 Å². The summed E-state index contributed by atoms with van der Waals surface area (Å²) in [7, 11) is 0. The van der Waals surface area contributed by atoms with Gasteiger partial charge in [-0.3, -0.25) is 4.79 Å². The van der Waals surface area contributed by atoms with Gasteiger partial charge in [0.15, 0.2) is 6.29 Å². The van der Waals surface area contributed by atoms with E-state index in [1.807, 2.05) is 13.8 Å². The summed E-state index contributed by atoms with van der Waals surface area (Å²) in [6.07, 6.45) is 2.15. The second-order valence-electron chi connectivity index (χ2n) is 3.33. The van der Waals surface area contributed by atoms with Crippen molar-refractivity contribution >= 4 is 12.0 Å². The van der Waals surface area contributed by atoms with Crippen LogP contribution in [0.2, 0.25) is 0 Å². The van der Waals surface area contributed by atoms with Crippen LogP contribution in [0, 0.1) is 11.3 Å². The van der Waals surface area contributed by atoms with Crippen molar-refractivity contribution in [3.05, 3.63) is 28.3 Å². The van der Waals surface area contributed by atoms with Crippen molar-refractivity contribution in [1.29, 1.82) is 5.26 Å². The summed E-state index contributed by atoms with van der Waals surface area (Å²) in [5.74, 6) is 0. The van der Waals surface area contributed by atoms with E-state index in [1.54, 1.807) is 6.07 Å². The first-order chi connectivity index (χ1) is 7.19. The Morgan fingerprint density at radius 3 is 2.53 bits per heavy atom. The summed E-state index contributed by atoms with van der Waals surface area (Å²) >= 11 is 0. The molecule has 1 rings (SSSR count). The van der Waals surface area contributed by atoms with Crippen LogP contribution in [0.5, 0.6) is 0 Å². The molecule has 3 heteroatoms. The molecule has 0 aliphatic carbocycles. The lowest BCUT2D eigenvalue weighted by atomic mass is 9.93. The van der Waals surface area contributed by atoms with Crippen molar-refractivity contribution in [2.75, 3.05) is 5.73 Å². The van der Waals surface area contributed by atoms with Gasteiger partial charge in [0.1, 0.15) is 0 Å². The minimum absolute atomic E-state index is 0.446. The Balaban J connectivity index is 3.59. The third kappa shape index (κ3) is 1.84. The monoisotopic (exact) mass is 202 g/mol. The number of carbonyl (C=O) groups is 1. The molecule has 1 aromatic carbocycles. The predicted octanol–water partition coefficient (Wildman–Crippen LogP) is 2.08. The fourth-order valence-corrected chi connectivity index (χ4v) is 1.72. The molecule has 0 aliphatic heterocycles. The Labute approximate surface area is 89.5 Å². The number of carbonyl (C=O) groups excluding carboxylic acids is 1. The number of nitriles is 1. The van der Waals surface area contributed by atoms with E-state index >= 15 is 0 Å². The minimum Gasteiger partial charge on any atom is -0.398 e. The van der Waals surface area contributed by atoms with Gasteiger partial charge in [0.2, 0.25) is 0 Å². The molecule has 15 heavy (non-hydrogen) atoms. The molecule has 2 N–H and O–H groups in total. The van der Waals surface area contributed by atoms with E-state index in [9.17, 15) is 4.79 Å². The number of nitrogen functional groups attached to an aromatic ring is 1. The Kier molecular flexibility index (Phi) is 3.46. The largest absolute Gasteiger partial charge is 0.398 e. The Morgan fingerprint density at radius 2 is 2.13 bits per heavy atom. The molecular formula is C12H14N2O. The minimum atomic E-state index is 0.446. The molecule has 0 aromatic heterocycles. The van der Waals surface area contributed by atoms with Gasteiger partial charge >= 0.3 is 0 Å². The lowest BCUT2D eigenvalue weighted by molar-refractivity contribution is 0.112. The normalized spacial score (nSPS) is 9.67. The van der Waals surface area contributed by atoms with Crippen molar-refractivity contribution in [3.63, 3.8) is 0 Å². The average molecular weight is 202 g/mol. The second-order valence-corrected chi connectivity index (χ2v) is 3.33. The van der Waals surface area contributed by atoms with Gasteiger partial charge in [-0.2, -0.15) is 5.26 Å². The highest BCUT2D eigenvalue weighted by atomic mass is 16.1. The molecule has 0 atom stereocenters. The maximum atomic E-state index is 10.8. The number of anilines is 1. The third-order valence-corrected chi connectivity index (χ3v) is 2.56. The molecule has 0 bridgehead atoms. The zero-order valence-corrected chi connectivity index (χ0v) is 9.00. The van der Waals surface area contributed by atoms with E-state index in [2.05, 4.69) is 6.07 Å². The fraction of sp³-hybridized carbons (Fsp3) is 0.333. The molecule has 3 nitrogen and oxygen atoms in total. The maximum absolute atomic E-state index is 10.8. The van der Waals surface area contributed by atoms with Crippen molar-refractivity contribution in [2.45, 2.75) is 26.7 Å². The van der Waals surface area contributed by atoms with E-state index in [1.165, 1.54) is 0 Å². The van der Waals surface area contributed by atoms with E-state index < -0.39 is 0 Å². The lowest BCUT2D eigenvalue weighted by Crippen LogP contribution is -2.05. The number of rotatable bonds is 3. The predicted molar refractivity (Wildman–Crippen MR) is 59.7 cm³/mol. The van der Waals surface area contributed by atoms with E-state index in [4.69, 9.17) is 11.0 Å². The van der Waals surface area contributed by atoms with Gasteiger partial charge < -0.3 is 5.73 Å². The zero-order chi connectivity index (χ0) is 11.4. The van der Waals surface area contributed by atoms with Crippen LogP contribution in [0.15, 0.2) is 6.07 Å². The second kappa shape index (κ2) is 4.61. The quantitative estimate of drug-likeness (QED) is 0.602. The molecule has 0 amide bonds. The van der Waals surface area contributed by atoms with Gasteiger partial charge in [0, 0.05) is 11.3 Å². The van der Waals surface area contributed by atoms with Gasteiger partial charge in [0.25, 0.3) is 0 Å². The average Bonchev–Trinajstić information content (AvgIpc) is 2.28. The first kappa shape index (κ1) is 11.3. The highest BCUT2D eigenvalue weighted by Gasteiger charge is 2.13. The van der Waals surface area contributed by atoms with Gasteiger partial charge in [-0.15, -0.1) is 0 Å². The van der Waals surface area contributed by atoms with E-state index in [-0.39, 0.29) is 0 Å². The lowest BCUT2D eigenvalue weighted by Gasteiger charge is -2.11. The number of benzene rings is 1.